The van der Waals surface area contributed by atoms with Crippen molar-refractivity contribution in [2.45, 2.75) is 90.2 Å². The van der Waals surface area contributed by atoms with Crippen molar-refractivity contribution in [2.75, 3.05) is 13.1 Å². The van der Waals surface area contributed by atoms with Crippen LogP contribution in [0.1, 0.15) is 78.4 Å². The minimum atomic E-state index is -4.54. The summed E-state index contributed by atoms with van der Waals surface area (Å²) in [5.74, 6) is -0.0975. The van der Waals surface area contributed by atoms with Crippen LogP contribution < -0.4 is 5.46 Å². The molecule has 0 spiro atoms. The molecule has 3 rings (SSSR count). The van der Waals surface area contributed by atoms with Gasteiger partial charge in [0.05, 0.1) is 16.8 Å². The molecule has 2 saturated heterocycles. The van der Waals surface area contributed by atoms with Gasteiger partial charge in [0.15, 0.2) is 0 Å². The lowest BCUT2D eigenvalue weighted by molar-refractivity contribution is -0.136. The van der Waals surface area contributed by atoms with E-state index in [2.05, 4.69) is 0 Å². The number of benzene rings is 1. The van der Waals surface area contributed by atoms with Crippen molar-refractivity contribution in [2.24, 2.45) is 0 Å². The lowest BCUT2D eigenvalue weighted by Crippen LogP contribution is -2.43. The third-order valence-corrected chi connectivity index (χ3v) is 6.43. The predicted octanol–water partition coefficient (Wildman–Crippen LogP) is 5.12. The molecule has 1 aromatic carbocycles. The number of carbonyl (C=O) groups excluding carboxylic acids is 1. The molecule has 0 N–H and O–H groups in total. The number of rotatable bonds is 2. The van der Waals surface area contributed by atoms with E-state index in [9.17, 15) is 18.0 Å². The third-order valence-electron chi connectivity index (χ3n) is 6.43. The van der Waals surface area contributed by atoms with Crippen molar-refractivity contribution in [3.8, 4) is 0 Å². The second-order valence-corrected chi connectivity index (χ2v) is 10.7. The van der Waals surface area contributed by atoms with Crippen LogP contribution in [0.5, 0.6) is 0 Å². The van der Waals surface area contributed by atoms with Gasteiger partial charge in [0, 0.05) is 19.0 Å². The summed E-state index contributed by atoms with van der Waals surface area (Å²) < 4.78 is 58.8. The molecule has 2 aliphatic heterocycles. The van der Waals surface area contributed by atoms with E-state index in [4.69, 9.17) is 14.0 Å². The van der Waals surface area contributed by atoms with Crippen LogP contribution in [-0.2, 0) is 20.2 Å². The maximum Gasteiger partial charge on any atom is 0.495 e. The number of hydrogen-bond acceptors (Lipinski definition) is 4. The normalized spacial score (nSPS) is 23.4. The van der Waals surface area contributed by atoms with E-state index in [1.807, 2.05) is 27.7 Å². The molecule has 9 heteroatoms. The number of likely N-dealkylation sites (tertiary alicyclic amines) is 1. The Bertz CT molecular complexity index is 848. The Morgan fingerprint density at radius 3 is 2.25 bits per heavy atom. The van der Waals surface area contributed by atoms with Crippen molar-refractivity contribution < 1.29 is 32.0 Å². The molecule has 1 amide bonds. The van der Waals surface area contributed by atoms with E-state index in [0.717, 1.165) is 24.5 Å². The second-order valence-electron chi connectivity index (χ2n) is 10.7. The largest absolute Gasteiger partial charge is 0.495 e. The van der Waals surface area contributed by atoms with Crippen molar-refractivity contribution >= 4 is 18.7 Å². The molecular weight excluding hydrogens is 422 g/mol. The maximum atomic E-state index is 13.8. The Balaban J connectivity index is 1.90. The van der Waals surface area contributed by atoms with E-state index in [-0.39, 0.29) is 11.4 Å². The fraction of sp³-hybridized carbons (Fsp3) is 0.696. The van der Waals surface area contributed by atoms with Crippen LogP contribution in [0, 0.1) is 0 Å². The molecule has 0 saturated carbocycles. The molecule has 1 unspecified atom stereocenters. The SMILES string of the molecule is CC(C)(C)OC(=O)N1CCCC(c2ccc(C(F)(F)F)c(B3OC(C)(C)C(C)(C)O3)c2)C1. The van der Waals surface area contributed by atoms with Gasteiger partial charge in [-0.2, -0.15) is 13.2 Å². The molecule has 0 aliphatic carbocycles. The minimum absolute atomic E-state index is 0.0250. The van der Waals surface area contributed by atoms with E-state index in [0.29, 0.717) is 13.1 Å². The molecule has 2 heterocycles. The van der Waals surface area contributed by atoms with Gasteiger partial charge in [0.2, 0.25) is 0 Å². The van der Waals surface area contributed by atoms with Crippen LogP contribution in [0.15, 0.2) is 18.2 Å². The summed E-state index contributed by atoms with van der Waals surface area (Å²) in [4.78, 5) is 14.1. The highest BCUT2D eigenvalue weighted by molar-refractivity contribution is 6.62. The van der Waals surface area contributed by atoms with Gasteiger partial charge in [-0.15, -0.1) is 0 Å². The molecule has 2 aliphatic rings. The predicted molar refractivity (Wildman–Crippen MR) is 117 cm³/mol. The van der Waals surface area contributed by atoms with E-state index >= 15 is 0 Å². The van der Waals surface area contributed by atoms with Gasteiger partial charge in [-0.3, -0.25) is 0 Å². The van der Waals surface area contributed by atoms with Crippen molar-refractivity contribution in [1.82, 2.24) is 4.90 Å². The first kappa shape index (κ1) is 24.9. The van der Waals surface area contributed by atoms with Crippen LogP contribution in [0.3, 0.4) is 0 Å². The first-order valence-electron chi connectivity index (χ1n) is 11.0. The molecule has 1 aromatic rings. The zero-order valence-electron chi connectivity index (χ0n) is 19.9. The molecule has 0 bridgehead atoms. The number of alkyl halides is 3. The molecule has 32 heavy (non-hydrogen) atoms. The van der Waals surface area contributed by atoms with Crippen LogP contribution >= 0.6 is 0 Å². The highest BCUT2D eigenvalue weighted by atomic mass is 19.4. The van der Waals surface area contributed by atoms with Gasteiger partial charge in [-0.05, 0) is 72.3 Å². The molecular formula is C23H33BF3NO4. The molecule has 1 atom stereocenters. The summed E-state index contributed by atoms with van der Waals surface area (Å²) >= 11 is 0. The maximum absolute atomic E-state index is 13.8. The molecule has 5 nitrogen and oxygen atoms in total. The Morgan fingerprint density at radius 2 is 1.72 bits per heavy atom. The molecule has 178 valence electrons. The van der Waals surface area contributed by atoms with Gasteiger partial charge in [-0.25, -0.2) is 4.79 Å². The Labute approximate surface area is 188 Å². The highest BCUT2D eigenvalue weighted by Gasteiger charge is 2.53. The number of hydrogen-bond donors (Lipinski definition) is 0. The molecule has 2 fully saturated rings. The van der Waals surface area contributed by atoms with Crippen LogP contribution in [-0.4, -0.2) is 48.0 Å². The fourth-order valence-electron chi connectivity index (χ4n) is 4.00. The number of halogens is 3. The van der Waals surface area contributed by atoms with Crippen molar-refractivity contribution in [3.05, 3.63) is 29.3 Å². The summed E-state index contributed by atoms with van der Waals surface area (Å²) in [6.07, 6.45) is -3.42. The lowest BCUT2D eigenvalue weighted by atomic mass is 9.73. The third kappa shape index (κ3) is 5.25. The zero-order chi connectivity index (χ0) is 24.1. The van der Waals surface area contributed by atoms with Gasteiger partial charge in [-0.1, -0.05) is 18.2 Å². The quantitative estimate of drug-likeness (QED) is 0.581. The minimum Gasteiger partial charge on any atom is -0.444 e. The first-order valence-corrected chi connectivity index (χ1v) is 11.0. The van der Waals surface area contributed by atoms with Crippen LogP contribution in [0.2, 0.25) is 0 Å². The van der Waals surface area contributed by atoms with Crippen LogP contribution in [0.25, 0.3) is 0 Å². The van der Waals surface area contributed by atoms with E-state index in [1.54, 1.807) is 25.7 Å². The monoisotopic (exact) mass is 455 g/mol. The Morgan fingerprint density at radius 1 is 1.12 bits per heavy atom. The summed E-state index contributed by atoms with van der Waals surface area (Å²) in [6, 6.07) is 4.14. The summed E-state index contributed by atoms with van der Waals surface area (Å²) in [5, 5.41) is 0. The zero-order valence-corrected chi connectivity index (χ0v) is 19.9. The average molecular weight is 455 g/mol. The number of carbonyl (C=O) groups is 1. The van der Waals surface area contributed by atoms with Gasteiger partial charge in [0.25, 0.3) is 0 Å². The molecule has 0 radical (unpaired) electrons. The lowest BCUT2D eigenvalue weighted by Gasteiger charge is -2.34. The van der Waals surface area contributed by atoms with Crippen LogP contribution in [0.4, 0.5) is 18.0 Å². The molecule has 0 aromatic heterocycles. The average Bonchev–Trinajstić information content (AvgIpc) is 2.86. The Hall–Kier alpha value is -1.74. The van der Waals surface area contributed by atoms with Crippen molar-refractivity contribution in [3.63, 3.8) is 0 Å². The summed E-state index contributed by atoms with van der Waals surface area (Å²) in [6.45, 7) is 13.6. The summed E-state index contributed by atoms with van der Waals surface area (Å²) in [7, 11) is -1.12. The highest BCUT2D eigenvalue weighted by Crippen LogP contribution is 2.39. The topological polar surface area (TPSA) is 48.0 Å². The smallest absolute Gasteiger partial charge is 0.444 e. The second kappa shape index (κ2) is 8.24. The fourth-order valence-corrected chi connectivity index (χ4v) is 4.00. The number of amides is 1. The Kier molecular flexibility index (Phi) is 6.41. The van der Waals surface area contributed by atoms with Crippen molar-refractivity contribution in [1.29, 1.82) is 0 Å². The van der Waals surface area contributed by atoms with E-state index < -0.39 is 41.8 Å². The first-order chi connectivity index (χ1) is 14.5. The standard InChI is InChI=1S/C23H33BF3NO4/c1-20(2,3)30-19(29)28-12-8-9-16(14-28)15-10-11-17(23(25,26)27)18(13-15)24-31-21(4,5)22(6,7)32-24/h10-11,13,16H,8-9,12,14H2,1-7H3. The van der Waals surface area contributed by atoms with Gasteiger partial charge < -0.3 is 18.9 Å². The van der Waals surface area contributed by atoms with Gasteiger partial charge in [0.1, 0.15) is 5.60 Å². The summed E-state index contributed by atoms with van der Waals surface area (Å²) in [5.41, 5.74) is -2.18. The van der Waals surface area contributed by atoms with Gasteiger partial charge >= 0.3 is 19.4 Å². The van der Waals surface area contributed by atoms with E-state index in [1.165, 1.54) is 12.1 Å². The number of ether oxygens (including phenoxy) is 1. The number of nitrogens with zero attached hydrogens (tertiary/aromatic N) is 1. The number of piperidine rings is 1.